The van der Waals surface area contributed by atoms with Gasteiger partial charge in [0, 0.05) is 42.2 Å². The van der Waals surface area contributed by atoms with Gasteiger partial charge >= 0.3 is 0 Å². The zero-order valence-corrected chi connectivity index (χ0v) is 16.4. The van der Waals surface area contributed by atoms with Crippen LogP contribution in [0.25, 0.3) is 10.9 Å². The molecule has 0 radical (unpaired) electrons. The van der Waals surface area contributed by atoms with Crippen LogP contribution in [0.2, 0.25) is 0 Å². The first kappa shape index (κ1) is 16.7. The number of amides is 1. The summed E-state index contributed by atoms with van der Waals surface area (Å²) in [4.78, 5) is 20.9. The number of ether oxygens (including phenoxy) is 1. The average Bonchev–Trinajstić information content (AvgIpc) is 3.34. The number of hydrogen-bond donors (Lipinski definition) is 1. The van der Waals surface area contributed by atoms with Gasteiger partial charge in [0.2, 0.25) is 5.91 Å². The summed E-state index contributed by atoms with van der Waals surface area (Å²) < 4.78 is 5.84. The molecule has 2 aromatic carbocycles. The first-order valence-corrected chi connectivity index (χ1v) is 10.2. The number of rotatable bonds is 1. The number of H-pyrrole nitrogens is 1. The molecule has 0 unspecified atom stereocenters. The third-order valence-corrected chi connectivity index (χ3v) is 6.70. The number of carbonyl (C=O) groups is 1. The average molecular weight is 385 g/mol. The first-order chi connectivity index (χ1) is 14.1. The van der Waals surface area contributed by atoms with Gasteiger partial charge in [0.05, 0.1) is 25.2 Å². The lowest BCUT2D eigenvalue weighted by atomic mass is 9.85. The molecule has 4 heterocycles. The highest BCUT2D eigenvalue weighted by Crippen LogP contribution is 2.45. The van der Waals surface area contributed by atoms with Crippen LogP contribution in [0.5, 0.6) is 5.75 Å². The molecule has 3 aliphatic heterocycles. The van der Waals surface area contributed by atoms with E-state index in [1.165, 1.54) is 16.5 Å². The molecule has 0 spiro atoms. The van der Waals surface area contributed by atoms with E-state index < -0.39 is 0 Å². The predicted octanol–water partition coefficient (Wildman–Crippen LogP) is 3.40. The van der Waals surface area contributed by atoms with Crippen molar-refractivity contribution in [2.45, 2.75) is 24.9 Å². The summed E-state index contributed by atoms with van der Waals surface area (Å²) in [5.74, 6) is 1.09. The van der Waals surface area contributed by atoms with Crippen molar-refractivity contribution in [2.75, 3.05) is 20.2 Å². The number of nitrogens with zero attached hydrogens (tertiary/aromatic N) is 2. The van der Waals surface area contributed by atoms with Gasteiger partial charge in [-0.2, -0.15) is 0 Å². The van der Waals surface area contributed by atoms with Crippen molar-refractivity contribution >= 4 is 16.8 Å². The van der Waals surface area contributed by atoms with Gasteiger partial charge < -0.3 is 19.5 Å². The number of aromatic amines is 1. The fraction of sp³-hybridized carbons (Fsp3) is 0.292. The molecule has 5 heteroatoms. The molecule has 1 amide bonds. The summed E-state index contributed by atoms with van der Waals surface area (Å²) in [6, 6.07) is 14.6. The van der Waals surface area contributed by atoms with Crippen molar-refractivity contribution < 1.29 is 9.53 Å². The van der Waals surface area contributed by atoms with Crippen molar-refractivity contribution in [1.82, 2.24) is 14.8 Å². The maximum Gasteiger partial charge on any atom is 0.243 e. The summed E-state index contributed by atoms with van der Waals surface area (Å²) >= 11 is 0. The summed E-state index contributed by atoms with van der Waals surface area (Å²) in [5.41, 5.74) is 6.86. The first-order valence-electron chi connectivity index (χ1n) is 10.2. The lowest BCUT2D eigenvalue weighted by Crippen LogP contribution is -2.57. The number of fused-ring (bicyclic) bond motifs is 5. The Morgan fingerprint density at radius 3 is 2.97 bits per heavy atom. The minimum atomic E-state index is -0.163. The second kappa shape index (κ2) is 5.89. The number of aromatic nitrogens is 1. The van der Waals surface area contributed by atoms with E-state index in [0.29, 0.717) is 6.54 Å². The molecule has 146 valence electrons. The maximum atomic E-state index is 13.2. The molecule has 1 saturated heterocycles. The van der Waals surface area contributed by atoms with E-state index in [0.717, 1.165) is 47.7 Å². The van der Waals surface area contributed by atoms with Gasteiger partial charge in [0.15, 0.2) is 0 Å². The van der Waals surface area contributed by atoms with Gasteiger partial charge in [0.1, 0.15) is 5.75 Å². The molecule has 2 atom stereocenters. The fourth-order valence-corrected chi connectivity index (χ4v) is 5.20. The predicted molar refractivity (Wildman–Crippen MR) is 112 cm³/mol. The highest BCUT2D eigenvalue weighted by Gasteiger charge is 2.45. The number of para-hydroxylation sites is 1. The second-order valence-electron chi connectivity index (χ2n) is 8.30. The molecule has 1 N–H and O–H groups in total. The van der Waals surface area contributed by atoms with Crippen LogP contribution in [0.15, 0.2) is 54.7 Å². The van der Waals surface area contributed by atoms with E-state index in [1.807, 2.05) is 22.9 Å². The molecular formula is C24H23N3O2. The Bertz CT molecular complexity index is 1180. The van der Waals surface area contributed by atoms with Crippen LogP contribution < -0.4 is 4.74 Å². The number of likely N-dealkylation sites (N-methyl/N-ethyl adjacent to an activating group) is 1. The zero-order chi connectivity index (χ0) is 19.7. The SMILES string of the molecule is C=C1[C@H]2Cc3c([nH]c4ccccc34)[C@@H](c3ccc4c(c3)OCC4)N2C(=O)CN1C. The molecule has 0 bridgehead atoms. The van der Waals surface area contributed by atoms with Crippen LogP contribution >= 0.6 is 0 Å². The van der Waals surface area contributed by atoms with Gasteiger partial charge in [-0.3, -0.25) is 4.79 Å². The van der Waals surface area contributed by atoms with Gasteiger partial charge in [-0.05, 0) is 28.8 Å². The zero-order valence-electron chi connectivity index (χ0n) is 16.4. The van der Waals surface area contributed by atoms with Crippen LogP contribution in [0.1, 0.15) is 28.4 Å². The third kappa shape index (κ3) is 2.30. The van der Waals surface area contributed by atoms with E-state index in [2.05, 4.69) is 48.0 Å². The summed E-state index contributed by atoms with van der Waals surface area (Å²) in [7, 11) is 1.96. The van der Waals surface area contributed by atoms with Crippen molar-refractivity contribution in [2.24, 2.45) is 0 Å². The topological polar surface area (TPSA) is 48.6 Å². The Hall–Kier alpha value is -3.21. The van der Waals surface area contributed by atoms with Crippen LogP contribution in [0, 0.1) is 0 Å². The molecule has 3 aromatic rings. The second-order valence-corrected chi connectivity index (χ2v) is 8.30. The van der Waals surface area contributed by atoms with Crippen LogP contribution in [0.4, 0.5) is 0 Å². The highest BCUT2D eigenvalue weighted by atomic mass is 16.5. The lowest BCUT2D eigenvalue weighted by molar-refractivity contribution is -0.139. The molecule has 6 rings (SSSR count). The molecule has 0 aliphatic carbocycles. The minimum Gasteiger partial charge on any atom is -0.493 e. The number of benzene rings is 2. The van der Waals surface area contributed by atoms with Crippen LogP contribution in [-0.4, -0.2) is 46.9 Å². The molecule has 1 aromatic heterocycles. The maximum absolute atomic E-state index is 13.2. The highest BCUT2D eigenvalue weighted by molar-refractivity contribution is 5.88. The van der Waals surface area contributed by atoms with Crippen molar-refractivity contribution in [3.8, 4) is 5.75 Å². The Labute approximate surface area is 169 Å². The number of carbonyl (C=O) groups excluding carboxylic acids is 1. The largest absolute Gasteiger partial charge is 0.493 e. The van der Waals surface area contributed by atoms with E-state index in [1.54, 1.807) is 0 Å². The van der Waals surface area contributed by atoms with Gasteiger partial charge in [-0.25, -0.2) is 0 Å². The van der Waals surface area contributed by atoms with Gasteiger partial charge in [0.25, 0.3) is 0 Å². The summed E-state index contributed by atoms with van der Waals surface area (Å²) in [6.45, 7) is 5.43. The molecule has 5 nitrogen and oxygen atoms in total. The summed E-state index contributed by atoms with van der Waals surface area (Å²) in [6.07, 6.45) is 1.73. The number of hydrogen-bond acceptors (Lipinski definition) is 3. The van der Waals surface area contributed by atoms with Crippen molar-refractivity contribution in [3.05, 3.63) is 77.1 Å². The van der Waals surface area contributed by atoms with Gasteiger partial charge in [-0.15, -0.1) is 0 Å². The van der Waals surface area contributed by atoms with E-state index in [-0.39, 0.29) is 18.0 Å². The number of nitrogens with one attached hydrogen (secondary N) is 1. The molecule has 3 aliphatic rings. The smallest absolute Gasteiger partial charge is 0.243 e. The Morgan fingerprint density at radius 1 is 1.21 bits per heavy atom. The molecule has 1 fully saturated rings. The lowest BCUT2D eigenvalue weighted by Gasteiger charge is -2.48. The monoisotopic (exact) mass is 385 g/mol. The Balaban J connectivity index is 1.59. The Morgan fingerprint density at radius 2 is 2.07 bits per heavy atom. The fourth-order valence-electron chi connectivity index (χ4n) is 5.20. The molecular weight excluding hydrogens is 362 g/mol. The van der Waals surface area contributed by atoms with E-state index in [4.69, 9.17) is 4.74 Å². The molecule has 0 saturated carbocycles. The van der Waals surface area contributed by atoms with Gasteiger partial charge in [-0.1, -0.05) is 36.9 Å². The van der Waals surface area contributed by atoms with Crippen LogP contribution in [-0.2, 0) is 17.6 Å². The normalized spacial score (nSPS) is 23.1. The van der Waals surface area contributed by atoms with E-state index >= 15 is 0 Å². The van der Waals surface area contributed by atoms with Crippen molar-refractivity contribution in [1.29, 1.82) is 0 Å². The Kier molecular flexibility index (Phi) is 3.40. The minimum absolute atomic E-state index is 0.0351. The van der Waals surface area contributed by atoms with Crippen molar-refractivity contribution in [3.63, 3.8) is 0 Å². The standard InChI is InChI=1S/C24H23N3O2/c1-14-20-12-18-17-5-3-4-6-19(17)25-23(18)24(27(20)22(28)13-26(14)2)16-8-7-15-9-10-29-21(15)11-16/h3-8,11,20,24-25H,1,9-10,12-13H2,2H3/t20-,24-/m1/s1. The van der Waals surface area contributed by atoms with E-state index in [9.17, 15) is 4.79 Å². The third-order valence-electron chi connectivity index (χ3n) is 6.70. The number of piperazine rings is 1. The molecule has 29 heavy (non-hydrogen) atoms. The summed E-state index contributed by atoms with van der Waals surface area (Å²) in [5, 5.41) is 1.23. The van der Waals surface area contributed by atoms with Crippen LogP contribution in [0.3, 0.4) is 0 Å². The quantitative estimate of drug-likeness (QED) is 0.698.